The zero-order valence-electron chi connectivity index (χ0n) is 26.8. The fourth-order valence-corrected chi connectivity index (χ4v) is 7.00. The van der Waals surface area contributed by atoms with E-state index in [1.54, 1.807) is 13.0 Å². The van der Waals surface area contributed by atoms with Crippen molar-refractivity contribution in [1.29, 1.82) is 0 Å². The van der Waals surface area contributed by atoms with E-state index < -0.39 is 36.0 Å². The molecule has 16 heteroatoms. The van der Waals surface area contributed by atoms with E-state index in [1.807, 2.05) is 48.5 Å². The summed E-state index contributed by atoms with van der Waals surface area (Å²) in [7, 11) is 1.45. The third-order valence-electron chi connectivity index (χ3n) is 8.41. The second kappa shape index (κ2) is 13.3. The maximum Gasteiger partial charge on any atom is 0.434 e. The minimum Gasteiger partial charge on any atom is -0.465 e. The summed E-state index contributed by atoms with van der Waals surface area (Å²) in [5, 5.41) is 24.8. The third kappa shape index (κ3) is 6.36. The van der Waals surface area contributed by atoms with Crippen LogP contribution in [0.3, 0.4) is 0 Å². The Morgan fingerprint density at radius 3 is 2.29 bits per heavy atom. The van der Waals surface area contributed by atoms with Gasteiger partial charge in [-0.05, 0) is 41.3 Å². The summed E-state index contributed by atoms with van der Waals surface area (Å²) in [4.78, 5) is 38.2. The summed E-state index contributed by atoms with van der Waals surface area (Å²) < 4.78 is 46.7. The number of carbonyl (C=O) groups is 2. The molecule has 4 aromatic heterocycles. The molecule has 1 aliphatic carbocycles. The number of urea groups is 1. The average molecular weight is 713 g/mol. The predicted molar refractivity (Wildman–Crippen MR) is 182 cm³/mol. The fourth-order valence-electron chi connectivity index (χ4n) is 6.14. The maximum atomic E-state index is 13.5. The molecule has 4 heterocycles. The number of fused-ring (bicyclic) bond motifs is 3. The Kier molecular flexibility index (Phi) is 8.68. The molecular formula is C35H27F3N8O4S. The van der Waals surface area contributed by atoms with Crippen LogP contribution in [-0.4, -0.2) is 60.9 Å². The number of likely N-dealkylation sites (N-methyl/N-ethyl adjacent to an activating group) is 1. The number of nitrogens with zero attached hydrogens (tertiary/aromatic N) is 6. The molecule has 258 valence electrons. The number of thiazole rings is 1. The summed E-state index contributed by atoms with van der Waals surface area (Å²) in [6.07, 6.45) is -1.48. The van der Waals surface area contributed by atoms with Crippen LogP contribution < -0.4 is 10.6 Å². The Labute approximate surface area is 292 Å². The summed E-state index contributed by atoms with van der Waals surface area (Å²) in [6, 6.07) is 17.2. The van der Waals surface area contributed by atoms with E-state index in [0.29, 0.717) is 23.2 Å². The van der Waals surface area contributed by atoms with Crippen LogP contribution in [0.25, 0.3) is 44.3 Å². The van der Waals surface area contributed by atoms with E-state index in [0.717, 1.165) is 43.9 Å². The van der Waals surface area contributed by atoms with Gasteiger partial charge in [-0.25, -0.2) is 19.6 Å². The molecule has 1 unspecified atom stereocenters. The number of nitrogens with one attached hydrogen (secondary N) is 2. The molecule has 51 heavy (non-hydrogen) atoms. The second-order valence-electron chi connectivity index (χ2n) is 11.5. The van der Waals surface area contributed by atoms with Gasteiger partial charge in [-0.2, -0.15) is 13.2 Å². The highest BCUT2D eigenvalue weighted by molar-refractivity contribution is 7.13. The van der Waals surface area contributed by atoms with Crippen LogP contribution in [-0.2, 0) is 6.18 Å². The lowest BCUT2D eigenvalue weighted by molar-refractivity contribution is -0.140. The number of alkyl halides is 3. The molecule has 0 saturated carbocycles. The predicted octanol–water partition coefficient (Wildman–Crippen LogP) is 7.94. The molecule has 7 rings (SSSR count). The number of benzene rings is 2. The molecular weight excluding hydrogens is 685 g/mol. The number of carbonyl (C=O) groups excluding carboxylic acids is 1. The number of amides is 3. The van der Waals surface area contributed by atoms with Crippen LogP contribution in [0.15, 0.2) is 89.1 Å². The first-order valence-corrected chi connectivity index (χ1v) is 16.4. The minimum absolute atomic E-state index is 0.0420. The van der Waals surface area contributed by atoms with Crippen molar-refractivity contribution in [3.63, 3.8) is 0 Å². The topological polar surface area (TPSA) is 159 Å². The molecule has 0 radical (unpaired) electrons. The molecule has 0 aliphatic heterocycles. The standard InChI is InChI=1S/C35H27F3N8O4S/c1-3-40-33(47)43-27-13-24(32-42-26(17-51-32)35(36,37)38)25(16-41-27)18-12-19(15-39-14-18)30-44-45-31(50-30)29(46(2)34(48)49)28-22-10-6-4-8-20(22)21-9-5-7-11-23(21)28/h4-17,28-29H,3H2,1-2H3,(H,48,49)(H2,40,41,43,47). The van der Waals surface area contributed by atoms with Crippen molar-refractivity contribution < 1.29 is 32.3 Å². The Morgan fingerprint density at radius 1 is 0.961 bits per heavy atom. The second-order valence-corrected chi connectivity index (χ2v) is 12.4. The zero-order chi connectivity index (χ0) is 35.9. The van der Waals surface area contributed by atoms with Gasteiger partial charge in [-0.15, -0.1) is 21.5 Å². The van der Waals surface area contributed by atoms with E-state index in [2.05, 4.69) is 35.8 Å². The first-order chi connectivity index (χ1) is 24.5. The van der Waals surface area contributed by atoms with Gasteiger partial charge in [0.15, 0.2) is 5.69 Å². The number of aromatic nitrogens is 5. The quantitative estimate of drug-likeness (QED) is 0.142. The molecule has 12 nitrogen and oxygen atoms in total. The van der Waals surface area contributed by atoms with E-state index in [1.165, 1.54) is 31.7 Å². The monoisotopic (exact) mass is 712 g/mol. The van der Waals surface area contributed by atoms with Gasteiger partial charge in [0, 0.05) is 60.2 Å². The number of pyridine rings is 2. The average Bonchev–Trinajstić information content (AvgIpc) is 3.88. The van der Waals surface area contributed by atoms with Crippen molar-refractivity contribution in [3.05, 3.63) is 107 Å². The Morgan fingerprint density at radius 2 is 1.65 bits per heavy atom. The normalized spacial score (nSPS) is 13.0. The number of carboxylic acid groups (broad SMARTS) is 1. The summed E-state index contributed by atoms with van der Waals surface area (Å²) >= 11 is 0.790. The Hall–Kier alpha value is -6.16. The summed E-state index contributed by atoms with van der Waals surface area (Å²) in [5.41, 5.74) is 4.18. The van der Waals surface area contributed by atoms with Crippen LogP contribution in [0, 0.1) is 0 Å². The van der Waals surface area contributed by atoms with E-state index >= 15 is 0 Å². The molecule has 3 N–H and O–H groups in total. The first-order valence-electron chi connectivity index (χ1n) is 15.5. The lowest BCUT2D eigenvalue weighted by Gasteiger charge is -2.29. The summed E-state index contributed by atoms with van der Waals surface area (Å²) in [6.45, 7) is 2.09. The van der Waals surface area contributed by atoms with Crippen molar-refractivity contribution >= 4 is 29.3 Å². The van der Waals surface area contributed by atoms with Gasteiger partial charge >= 0.3 is 18.3 Å². The first kappa shape index (κ1) is 33.3. The van der Waals surface area contributed by atoms with Crippen molar-refractivity contribution in [2.75, 3.05) is 18.9 Å². The van der Waals surface area contributed by atoms with Crippen LogP contribution >= 0.6 is 11.3 Å². The molecule has 0 bridgehead atoms. The highest BCUT2D eigenvalue weighted by Crippen LogP contribution is 2.51. The largest absolute Gasteiger partial charge is 0.465 e. The van der Waals surface area contributed by atoms with Gasteiger partial charge in [-0.3, -0.25) is 15.2 Å². The van der Waals surface area contributed by atoms with Gasteiger partial charge in [0.25, 0.3) is 0 Å². The number of halogens is 3. The molecule has 0 fully saturated rings. The molecule has 6 aromatic rings. The highest BCUT2D eigenvalue weighted by Gasteiger charge is 2.42. The number of hydrogen-bond donors (Lipinski definition) is 3. The number of hydrogen-bond acceptors (Lipinski definition) is 9. The molecule has 1 atom stereocenters. The molecule has 0 saturated heterocycles. The number of anilines is 1. The van der Waals surface area contributed by atoms with Crippen LogP contribution in [0.5, 0.6) is 0 Å². The van der Waals surface area contributed by atoms with Gasteiger partial charge < -0.3 is 14.8 Å². The van der Waals surface area contributed by atoms with Gasteiger partial charge in [0.05, 0.1) is 5.56 Å². The summed E-state index contributed by atoms with van der Waals surface area (Å²) in [5.74, 6) is -0.253. The highest BCUT2D eigenvalue weighted by atomic mass is 32.1. The van der Waals surface area contributed by atoms with Crippen molar-refractivity contribution in [3.8, 4) is 44.3 Å². The van der Waals surface area contributed by atoms with E-state index in [4.69, 9.17) is 4.42 Å². The van der Waals surface area contributed by atoms with Crippen LogP contribution in [0.2, 0.25) is 0 Å². The van der Waals surface area contributed by atoms with Crippen molar-refractivity contribution in [2.45, 2.75) is 25.1 Å². The molecule has 0 spiro atoms. The fraction of sp³-hybridized carbons (Fsp3) is 0.171. The van der Waals surface area contributed by atoms with Crippen molar-refractivity contribution in [1.82, 2.24) is 35.4 Å². The van der Waals surface area contributed by atoms with Gasteiger partial charge in [0.1, 0.15) is 16.9 Å². The van der Waals surface area contributed by atoms with Crippen LogP contribution in [0.1, 0.15) is 41.6 Å². The molecule has 3 amide bonds. The Bertz CT molecular complexity index is 2230. The lowest BCUT2D eigenvalue weighted by atomic mass is 9.88. The maximum absolute atomic E-state index is 13.5. The lowest BCUT2D eigenvalue weighted by Crippen LogP contribution is -2.34. The van der Waals surface area contributed by atoms with E-state index in [9.17, 15) is 27.9 Å². The van der Waals surface area contributed by atoms with E-state index in [-0.39, 0.29) is 28.2 Å². The molecule has 2 aromatic carbocycles. The van der Waals surface area contributed by atoms with Crippen LogP contribution in [0.4, 0.5) is 28.6 Å². The van der Waals surface area contributed by atoms with Gasteiger partial charge in [0.2, 0.25) is 11.8 Å². The molecule has 1 aliphatic rings. The van der Waals surface area contributed by atoms with Crippen molar-refractivity contribution in [2.24, 2.45) is 0 Å². The third-order valence-corrected chi connectivity index (χ3v) is 9.29. The SMILES string of the molecule is CCNC(=O)Nc1cc(-c2nc(C(F)(F)F)cs2)c(-c2cncc(-c3nnc(C(C4c5ccccc5-c5ccccc54)N(C)C(=O)O)o3)c2)cn1. The smallest absolute Gasteiger partial charge is 0.434 e. The number of rotatable bonds is 8. The van der Waals surface area contributed by atoms with Gasteiger partial charge in [-0.1, -0.05) is 48.5 Å². The minimum atomic E-state index is -4.66. The Balaban J connectivity index is 1.28. The zero-order valence-corrected chi connectivity index (χ0v) is 27.7.